The minimum Gasteiger partial charge on any atom is -0.478 e. The van der Waals surface area contributed by atoms with Crippen LogP contribution in [0.3, 0.4) is 0 Å². The second kappa shape index (κ2) is 12.4. The van der Waals surface area contributed by atoms with E-state index in [4.69, 9.17) is 26.6 Å². The molecule has 0 spiro atoms. The Labute approximate surface area is 223 Å². The standard InChI is InChI=1S/C23H25ClFN3O2.C4H4O4/c24-17-3-6-21-20(12-17)26-23(29)28(21)19-7-9-27(10-8-19)13-15-11-22(30-14-15)16-1-4-18(25)5-2-16;5-3(6)1-2-4(7)8/h1-6,12,15,19,22H,7-11,13-14H2,(H,26,29);1-2H,(H,5,6)(H,7,8). The number of imidazole rings is 1. The predicted octanol–water partition coefficient (Wildman–Crippen LogP) is 4.25. The van der Waals surface area contributed by atoms with Crippen LogP contribution >= 0.6 is 11.6 Å². The van der Waals surface area contributed by atoms with E-state index in [0.717, 1.165) is 62.1 Å². The van der Waals surface area contributed by atoms with Gasteiger partial charge in [-0.05, 0) is 61.1 Å². The third-order valence-corrected chi connectivity index (χ3v) is 7.04. The van der Waals surface area contributed by atoms with Crippen LogP contribution in [0.25, 0.3) is 11.0 Å². The molecule has 11 heteroatoms. The number of piperidine rings is 1. The topological polar surface area (TPSA) is 125 Å². The number of fused-ring (bicyclic) bond motifs is 1. The molecule has 2 fully saturated rings. The van der Waals surface area contributed by atoms with E-state index in [0.29, 0.717) is 23.1 Å². The number of carboxylic acids is 2. The lowest BCUT2D eigenvalue weighted by Crippen LogP contribution is -2.39. The fourth-order valence-corrected chi connectivity index (χ4v) is 5.23. The smallest absolute Gasteiger partial charge is 0.328 e. The largest absolute Gasteiger partial charge is 0.478 e. The summed E-state index contributed by atoms with van der Waals surface area (Å²) in [6, 6.07) is 12.4. The van der Waals surface area contributed by atoms with Crippen molar-refractivity contribution >= 4 is 34.6 Å². The number of carboxylic acid groups (broad SMARTS) is 2. The van der Waals surface area contributed by atoms with Gasteiger partial charge in [0, 0.05) is 42.9 Å². The number of H-pyrrole nitrogens is 1. The Morgan fingerprint density at radius 1 is 1.08 bits per heavy atom. The predicted molar refractivity (Wildman–Crippen MR) is 140 cm³/mol. The minimum atomic E-state index is -1.26. The summed E-state index contributed by atoms with van der Waals surface area (Å²) >= 11 is 6.06. The summed E-state index contributed by atoms with van der Waals surface area (Å²) < 4.78 is 21.0. The van der Waals surface area contributed by atoms with Gasteiger partial charge in [0.05, 0.1) is 23.7 Å². The lowest BCUT2D eigenvalue weighted by Gasteiger charge is -2.33. The molecular weight excluding hydrogens is 517 g/mol. The van der Waals surface area contributed by atoms with Gasteiger partial charge in [-0.1, -0.05) is 23.7 Å². The van der Waals surface area contributed by atoms with E-state index in [1.807, 2.05) is 34.9 Å². The Kier molecular flexibility index (Phi) is 8.98. The molecule has 0 saturated carbocycles. The number of nitrogens with zero attached hydrogens (tertiary/aromatic N) is 2. The van der Waals surface area contributed by atoms with Crippen LogP contribution in [-0.2, 0) is 14.3 Å². The molecule has 1 aromatic heterocycles. The molecule has 3 N–H and O–H groups in total. The van der Waals surface area contributed by atoms with E-state index in [1.165, 1.54) is 12.1 Å². The van der Waals surface area contributed by atoms with Crippen LogP contribution in [0, 0.1) is 11.7 Å². The molecule has 2 saturated heterocycles. The Balaban J connectivity index is 0.000000368. The molecular formula is C27H29ClFN3O6. The molecule has 0 amide bonds. The quantitative estimate of drug-likeness (QED) is 0.395. The van der Waals surface area contributed by atoms with Crippen LogP contribution < -0.4 is 5.69 Å². The SMILES string of the molecule is O=C(O)C=CC(=O)O.O=c1[nH]c2cc(Cl)ccc2n1C1CCN(CC2COC(c3ccc(F)cc3)C2)CC1. The summed E-state index contributed by atoms with van der Waals surface area (Å²) in [5.74, 6) is -2.25. The Hall–Kier alpha value is -3.47. The second-order valence-electron chi connectivity index (χ2n) is 9.48. The van der Waals surface area contributed by atoms with Crippen molar-refractivity contribution in [3.05, 3.63) is 81.5 Å². The molecule has 2 aliphatic rings. The molecule has 2 aliphatic heterocycles. The molecule has 3 heterocycles. The first kappa shape index (κ1) is 27.6. The average molecular weight is 546 g/mol. The molecule has 2 aromatic carbocycles. The molecule has 38 heavy (non-hydrogen) atoms. The summed E-state index contributed by atoms with van der Waals surface area (Å²) in [7, 11) is 0. The molecule has 2 atom stereocenters. The van der Waals surface area contributed by atoms with Gasteiger partial charge >= 0.3 is 17.6 Å². The molecule has 0 radical (unpaired) electrons. The molecule has 0 aliphatic carbocycles. The van der Waals surface area contributed by atoms with Crippen molar-refractivity contribution in [1.29, 1.82) is 0 Å². The average Bonchev–Trinajstić information content (AvgIpc) is 3.47. The Bertz CT molecular complexity index is 1350. The van der Waals surface area contributed by atoms with Crippen LogP contribution in [0.15, 0.2) is 59.4 Å². The van der Waals surface area contributed by atoms with E-state index in [2.05, 4.69) is 9.88 Å². The van der Waals surface area contributed by atoms with E-state index in [9.17, 15) is 18.8 Å². The number of carbonyl (C=O) groups is 2. The van der Waals surface area contributed by atoms with Gasteiger partial charge in [-0.15, -0.1) is 0 Å². The lowest BCUT2D eigenvalue weighted by atomic mass is 9.98. The fraction of sp³-hybridized carbons (Fsp3) is 0.370. The first-order valence-electron chi connectivity index (χ1n) is 12.3. The monoisotopic (exact) mass is 545 g/mol. The number of halogens is 2. The van der Waals surface area contributed by atoms with Crippen molar-refractivity contribution in [3.63, 3.8) is 0 Å². The van der Waals surface area contributed by atoms with E-state index < -0.39 is 11.9 Å². The number of aliphatic carboxylic acids is 2. The molecule has 9 nitrogen and oxygen atoms in total. The molecule has 2 unspecified atom stereocenters. The number of rotatable bonds is 6. The van der Waals surface area contributed by atoms with E-state index in [-0.39, 0.29) is 23.7 Å². The van der Waals surface area contributed by atoms with Gasteiger partial charge in [-0.25, -0.2) is 18.8 Å². The summed E-state index contributed by atoms with van der Waals surface area (Å²) in [5, 5.41) is 16.3. The number of likely N-dealkylation sites (tertiary alicyclic amines) is 1. The van der Waals surface area contributed by atoms with Gasteiger partial charge in [0.15, 0.2) is 0 Å². The second-order valence-corrected chi connectivity index (χ2v) is 9.91. The zero-order chi connectivity index (χ0) is 27.2. The van der Waals surface area contributed by atoms with Gasteiger partial charge < -0.3 is 24.8 Å². The number of hydrogen-bond donors (Lipinski definition) is 3. The maximum absolute atomic E-state index is 13.1. The van der Waals surface area contributed by atoms with Crippen LogP contribution in [-0.4, -0.2) is 62.8 Å². The summed E-state index contributed by atoms with van der Waals surface area (Å²) in [6.45, 7) is 3.68. The zero-order valence-electron chi connectivity index (χ0n) is 20.6. The molecule has 3 aromatic rings. The van der Waals surface area contributed by atoms with Crippen molar-refractivity contribution in [2.45, 2.75) is 31.4 Å². The van der Waals surface area contributed by atoms with Crippen LogP contribution in [0.5, 0.6) is 0 Å². The normalized spacial score (nSPS) is 20.5. The third-order valence-electron chi connectivity index (χ3n) is 6.81. The highest BCUT2D eigenvalue weighted by atomic mass is 35.5. The Morgan fingerprint density at radius 2 is 1.74 bits per heavy atom. The highest BCUT2D eigenvalue weighted by Crippen LogP contribution is 2.34. The number of aromatic nitrogens is 2. The number of nitrogens with one attached hydrogen (secondary N) is 1. The third kappa shape index (κ3) is 7.09. The zero-order valence-corrected chi connectivity index (χ0v) is 21.3. The highest BCUT2D eigenvalue weighted by Gasteiger charge is 2.30. The minimum absolute atomic E-state index is 0.0583. The van der Waals surface area contributed by atoms with Gasteiger partial charge in [-0.3, -0.25) is 4.57 Å². The van der Waals surface area contributed by atoms with Crippen molar-refractivity contribution in [2.75, 3.05) is 26.2 Å². The maximum Gasteiger partial charge on any atom is 0.328 e. The summed E-state index contributed by atoms with van der Waals surface area (Å²) in [5.41, 5.74) is 2.72. The van der Waals surface area contributed by atoms with Crippen molar-refractivity contribution in [2.24, 2.45) is 5.92 Å². The van der Waals surface area contributed by atoms with Crippen molar-refractivity contribution in [3.8, 4) is 0 Å². The van der Waals surface area contributed by atoms with Gasteiger partial charge in [0.25, 0.3) is 0 Å². The Morgan fingerprint density at radius 3 is 2.37 bits per heavy atom. The number of hydrogen-bond acceptors (Lipinski definition) is 5. The first-order chi connectivity index (χ1) is 18.2. The van der Waals surface area contributed by atoms with Gasteiger partial charge in [0.2, 0.25) is 0 Å². The van der Waals surface area contributed by atoms with Crippen molar-refractivity contribution < 1.29 is 28.9 Å². The summed E-state index contributed by atoms with van der Waals surface area (Å²) in [4.78, 5) is 37.0. The molecule has 5 rings (SSSR count). The molecule has 0 bridgehead atoms. The number of aromatic amines is 1. The number of ether oxygens (including phenoxy) is 1. The van der Waals surface area contributed by atoms with E-state index >= 15 is 0 Å². The number of benzene rings is 2. The van der Waals surface area contributed by atoms with Gasteiger partial charge in [0.1, 0.15) is 5.82 Å². The summed E-state index contributed by atoms with van der Waals surface area (Å²) in [6.07, 6.45) is 4.04. The highest BCUT2D eigenvalue weighted by molar-refractivity contribution is 6.31. The lowest BCUT2D eigenvalue weighted by molar-refractivity contribution is -0.134. The van der Waals surface area contributed by atoms with Gasteiger partial charge in [-0.2, -0.15) is 0 Å². The van der Waals surface area contributed by atoms with E-state index in [1.54, 1.807) is 0 Å². The van der Waals surface area contributed by atoms with Crippen LogP contribution in [0.1, 0.15) is 37.0 Å². The fourth-order valence-electron chi connectivity index (χ4n) is 5.06. The molecule has 202 valence electrons. The van der Waals surface area contributed by atoms with Crippen LogP contribution in [0.4, 0.5) is 4.39 Å². The van der Waals surface area contributed by atoms with Crippen molar-refractivity contribution in [1.82, 2.24) is 14.5 Å². The maximum atomic E-state index is 13.1. The first-order valence-corrected chi connectivity index (χ1v) is 12.7. The van der Waals surface area contributed by atoms with Crippen LogP contribution in [0.2, 0.25) is 5.02 Å².